The van der Waals surface area contributed by atoms with Crippen LogP contribution in [0.5, 0.6) is 0 Å². The Labute approximate surface area is 406 Å². The molecule has 0 atom stereocenters. The first-order valence-corrected chi connectivity index (χ1v) is 30.6. The van der Waals surface area contributed by atoms with Gasteiger partial charge in [-0.15, -0.1) is 0 Å². The molecule has 1 nitrogen and oxygen atoms in total. The Bertz CT molecular complexity index is 923. The monoisotopic (exact) mass is 891 g/mol. The largest absolute Gasteiger partial charge is 0.258 e. The quantitative estimate of drug-likeness (QED) is 0.0594. The fourth-order valence-corrected chi connectivity index (χ4v) is 10.3. The lowest BCUT2D eigenvalue weighted by Crippen LogP contribution is -1.99. The number of unbranched alkanes of at least 4 members (excludes halogenated alkanes) is 50. The summed E-state index contributed by atoms with van der Waals surface area (Å²) in [6.07, 6.45) is 80.3. The van der Waals surface area contributed by atoms with Crippen molar-refractivity contribution in [1.82, 2.24) is 4.98 Å². The second kappa shape index (κ2) is 53.1. The van der Waals surface area contributed by atoms with Gasteiger partial charge in [0.1, 0.15) is 0 Å². The zero-order chi connectivity index (χ0) is 45.7. The van der Waals surface area contributed by atoms with Crippen LogP contribution in [0.4, 0.5) is 0 Å². The van der Waals surface area contributed by atoms with Crippen LogP contribution >= 0.6 is 0 Å². The average molecular weight is 892 g/mol. The van der Waals surface area contributed by atoms with E-state index in [9.17, 15) is 0 Å². The van der Waals surface area contributed by atoms with Gasteiger partial charge in [-0.05, 0) is 49.8 Å². The minimum atomic E-state index is 1.16. The van der Waals surface area contributed by atoms with Gasteiger partial charge in [0, 0.05) is 11.4 Å². The highest BCUT2D eigenvalue weighted by Gasteiger charge is 2.05. The molecule has 1 aromatic heterocycles. The number of pyridine rings is 1. The van der Waals surface area contributed by atoms with Gasteiger partial charge < -0.3 is 0 Å². The third-order valence-corrected chi connectivity index (χ3v) is 14.9. The molecule has 0 saturated carbocycles. The molecular formula is C63H120N. The molecule has 1 heteroatoms. The molecule has 64 heavy (non-hydrogen) atoms. The third kappa shape index (κ3) is 46.3. The Hall–Kier alpha value is -0.850. The highest BCUT2D eigenvalue weighted by Crippen LogP contribution is 2.20. The van der Waals surface area contributed by atoms with Gasteiger partial charge in [-0.2, -0.15) is 0 Å². The molecule has 0 unspecified atom stereocenters. The van der Waals surface area contributed by atoms with Gasteiger partial charge in [0.2, 0.25) is 0 Å². The highest BCUT2D eigenvalue weighted by atomic mass is 14.7. The first-order chi connectivity index (χ1) is 31.8. The first-order valence-electron chi connectivity index (χ1n) is 30.6. The number of aromatic nitrogens is 1. The molecule has 0 fully saturated rings. The third-order valence-electron chi connectivity index (χ3n) is 14.9. The Morgan fingerprint density at radius 1 is 0.250 bits per heavy atom. The number of aryl methyl sites for hydroxylation is 2. The highest BCUT2D eigenvalue weighted by molar-refractivity contribution is 5.27. The molecule has 1 rings (SSSR count). The van der Waals surface area contributed by atoms with E-state index in [2.05, 4.69) is 39.3 Å². The van der Waals surface area contributed by atoms with Gasteiger partial charge in [-0.25, -0.2) is 0 Å². The van der Waals surface area contributed by atoms with Crippen LogP contribution in [0, 0.1) is 6.42 Å². The normalized spacial score (nSPS) is 11.7. The smallest absolute Gasteiger partial charge is 0.0409 e. The molecule has 0 aliphatic heterocycles. The maximum Gasteiger partial charge on any atom is 0.0409 e. The standard InChI is InChI=1S/C63H120N/c1-4-7-9-11-13-15-17-19-21-23-25-27-29-31-33-35-37-39-41-43-45-47-49-51-53-55-57-62-59-61(6-3)60-63(64-62)58-56-54-52-50-48-46-44-42-40-38-36-34-32-30-28-26-24-22-20-18-16-14-12-10-8-5-2/h6,59-60H,4-5,7-58H2,1-3H3. The van der Waals surface area contributed by atoms with Crippen molar-refractivity contribution in [2.75, 3.05) is 0 Å². The topological polar surface area (TPSA) is 12.9 Å². The molecule has 0 aromatic carbocycles. The molecule has 0 aliphatic carbocycles. The first kappa shape index (κ1) is 61.2. The van der Waals surface area contributed by atoms with Crippen molar-refractivity contribution < 1.29 is 0 Å². The van der Waals surface area contributed by atoms with Crippen LogP contribution in [0.25, 0.3) is 0 Å². The Balaban J connectivity index is 1.83. The van der Waals surface area contributed by atoms with Gasteiger partial charge in [0.05, 0.1) is 0 Å². The zero-order valence-electron chi connectivity index (χ0n) is 44.9. The van der Waals surface area contributed by atoms with Crippen molar-refractivity contribution in [3.05, 3.63) is 35.5 Å². The van der Waals surface area contributed by atoms with Gasteiger partial charge in [0.15, 0.2) is 0 Å². The number of rotatable bonds is 55. The van der Waals surface area contributed by atoms with E-state index < -0.39 is 0 Å². The van der Waals surface area contributed by atoms with Crippen LogP contribution in [-0.4, -0.2) is 4.98 Å². The van der Waals surface area contributed by atoms with Crippen LogP contribution in [-0.2, 0) is 12.8 Å². The Morgan fingerprint density at radius 3 is 0.562 bits per heavy atom. The van der Waals surface area contributed by atoms with E-state index in [-0.39, 0.29) is 0 Å². The summed E-state index contributed by atoms with van der Waals surface area (Å²) in [4.78, 5) is 5.13. The second-order valence-electron chi connectivity index (χ2n) is 21.3. The Morgan fingerprint density at radius 2 is 0.406 bits per heavy atom. The van der Waals surface area contributed by atoms with Gasteiger partial charge in [-0.3, -0.25) is 4.98 Å². The number of hydrogen-bond acceptors (Lipinski definition) is 1. The van der Waals surface area contributed by atoms with E-state index in [0.29, 0.717) is 0 Å². The molecule has 0 N–H and O–H groups in total. The van der Waals surface area contributed by atoms with Gasteiger partial charge in [-0.1, -0.05) is 342 Å². The predicted molar refractivity (Wildman–Crippen MR) is 292 cm³/mol. The molecule has 1 radical (unpaired) electrons. The predicted octanol–water partition coefficient (Wildman–Crippen LogP) is 23.1. The van der Waals surface area contributed by atoms with Crippen molar-refractivity contribution >= 4 is 0 Å². The van der Waals surface area contributed by atoms with Crippen LogP contribution in [0.15, 0.2) is 12.1 Å². The van der Waals surface area contributed by atoms with Crippen molar-refractivity contribution in [3.63, 3.8) is 0 Å². The molecular weight excluding hydrogens is 771 g/mol. The van der Waals surface area contributed by atoms with Crippen LogP contribution in [0.3, 0.4) is 0 Å². The lowest BCUT2D eigenvalue weighted by molar-refractivity contribution is 0.515. The maximum absolute atomic E-state index is 5.13. The maximum atomic E-state index is 5.13. The van der Waals surface area contributed by atoms with E-state index in [4.69, 9.17) is 4.98 Å². The molecule has 1 aromatic rings. The zero-order valence-corrected chi connectivity index (χ0v) is 44.9. The van der Waals surface area contributed by atoms with Gasteiger partial charge >= 0.3 is 0 Å². The van der Waals surface area contributed by atoms with Crippen LogP contribution in [0.1, 0.15) is 372 Å². The van der Waals surface area contributed by atoms with Crippen molar-refractivity contribution in [2.45, 2.75) is 367 Å². The SMILES string of the molecule is C[CH]c1cc(CCCCCCCCCCCCCCCCCCCCCCCCCCCC)nc(CCCCCCCCCCCCCCCCCCCCCCCCCCCC)c1. The molecule has 377 valence electrons. The number of hydrogen-bond donors (Lipinski definition) is 0. The minimum Gasteiger partial charge on any atom is -0.258 e. The summed E-state index contributed by atoms with van der Waals surface area (Å²) in [6.45, 7) is 6.81. The average Bonchev–Trinajstić information content (AvgIpc) is 3.31. The summed E-state index contributed by atoms with van der Waals surface area (Å²) >= 11 is 0. The molecule has 0 amide bonds. The van der Waals surface area contributed by atoms with E-state index in [1.807, 2.05) is 0 Å². The number of nitrogens with zero attached hydrogens (tertiary/aromatic N) is 1. The van der Waals surface area contributed by atoms with Crippen molar-refractivity contribution in [1.29, 1.82) is 0 Å². The van der Waals surface area contributed by atoms with E-state index in [0.717, 1.165) is 12.8 Å². The van der Waals surface area contributed by atoms with Crippen LogP contribution in [0.2, 0.25) is 0 Å². The van der Waals surface area contributed by atoms with Crippen molar-refractivity contribution in [3.8, 4) is 0 Å². The lowest BCUT2D eigenvalue weighted by Gasteiger charge is -2.09. The molecule has 0 bridgehead atoms. The van der Waals surface area contributed by atoms with Gasteiger partial charge in [0.25, 0.3) is 0 Å². The molecule has 0 spiro atoms. The summed E-state index contributed by atoms with van der Waals surface area (Å²) in [5, 5.41) is 0. The summed E-state index contributed by atoms with van der Waals surface area (Å²) in [5.41, 5.74) is 4.05. The van der Waals surface area contributed by atoms with E-state index >= 15 is 0 Å². The fraction of sp³-hybridized carbons (Fsp3) is 0.905. The van der Waals surface area contributed by atoms with E-state index in [1.54, 1.807) is 0 Å². The molecule has 1 heterocycles. The van der Waals surface area contributed by atoms with E-state index in [1.165, 1.54) is 351 Å². The minimum absolute atomic E-state index is 1.16. The summed E-state index contributed by atoms with van der Waals surface area (Å²) < 4.78 is 0. The summed E-state index contributed by atoms with van der Waals surface area (Å²) in [6, 6.07) is 4.70. The van der Waals surface area contributed by atoms with Crippen molar-refractivity contribution in [2.24, 2.45) is 0 Å². The fourth-order valence-electron chi connectivity index (χ4n) is 10.3. The van der Waals surface area contributed by atoms with Crippen LogP contribution < -0.4 is 0 Å². The summed E-state index contributed by atoms with van der Waals surface area (Å²) in [5.74, 6) is 0. The Kier molecular flexibility index (Phi) is 50.8. The molecule has 0 saturated heterocycles. The molecule has 0 aliphatic rings. The lowest BCUT2D eigenvalue weighted by atomic mass is 10.0. The summed E-state index contributed by atoms with van der Waals surface area (Å²) in [7, 11) is 0. The second-order valence-corrected chi connectivity index (χ2v) is 21.3.